The molecule has 156 valence electrons. The Kier molecular flexibility index (Phi) is 6.08. The molecular formula is C19H35N3O4S. The maximum atomic E-state index is 12.8. The fourth-order valence-corrected chi connectivity index (χ4v) is 6.53. The lowest BCUT2D eigenvalue weighted by molar-refractivity contribution is -0.00384. The minimum atomic E-state index is -3.26. The first-order valence-corrected chi connectivity index (χ1v) is 11.9. The summed E-state index contributed by atoms with van der Waals surface area (Å²) in [6, 6.07) is -0.0455. The highest BCUT2D eigenvalue weighted by Crippen LogP contribution is 2.33. The first-order chi connectivity index (χ1) is 12.6. The molecular weight excluding hydrogens is 366 g/mol. The molecule has 1 amide bonds. The van der Waals surface area contributed by atoms with Crippen molar-refractivity contribution < 1.29 is 17.9 Å². The van der Waals surface area contributed by atoms with Gasteiger partial charge in [-0.1, -0.05) is 6.42 Å². The van der Waals surface area contributed by atoms with E-state index in [1.807, 2.05) is 20.8 Å². The number of nitrogens with two attached hydrogens (primary N) is 1. The Morgan fingerprint density at radius 2 is 1.85 bits per heavy atom. The van der Waals surface area contributed by atoms with Gasteiger partial charge in [-0.25, -0.2) is 13.2 Å². The van der Waals surface area contributed by atoms with Crippen LogP contribution in [0.4, 0.5) is 4.79 Å². The van der Waals surface area contributed by atoms with E-state index in [4.69, 9.17) is 10.5 Å². The number of ether oxygens (including phenoxy) is 1. The zero-order valence-electron chi connectivity index (χ0n) is 16.9. The van der Waals surface area contributed by atoms with E-state index in [0.717, 1.165) is 32.1 Å². The third-order valence-corrected chi connectivity index (χ3v) is 8.13. The summed E-state index contributed by atoms with van der Waals surface area (Å²) in [5.74, 6) is 0.637. The van der Waals surface area contributed by atoms with Gasteiger partial charge in [0.05, 0.1) is 5.75 Å². The van der Waals surface area contributed by atoms with Crippen molar-refractivity contribution in [3.05, 3.63) is 0 Å². The van der Waals surface area contributed by atoms with Crippen LogP contribution in [-0.4, -0.2) is 66.3 Å². The molecule has 27 heavy (non-hydrogen) atoms. The lowest BCUT2D eigenvalue weighted by Gasteiger charge is -2.44. The Balaban J connectivity index is 1.75. The predicted molar refractivity (Wildman–Crippen MR) is 105 cm³/mol. The van der Waals surface area contributed by atoms with Gasteiger partial charge in [-0.3, -0.25) is 0 Å². The van der Waals surface area contributed by atoms with Crippen LogP contribution < -0.4 is 5.73 Å². The number of hydrogen-bond donors (Lipinski definition) is 1. The average Bonchev–Trinajstić information content (AvgIpc) is 2.90. The van der Waals surface area contributed by atoms with Crippen LogP contribution in [0.1, 0.15) is 65.7 Å². The second-order valence-electron chi connectivity index (χ2n) is 9.40. The van der Waals surface area contributed by atoms with Gasteiger partial charge in [0, 0.05) is 31.2 Å². The van der Waals surface area contributed by atoms with Crippen LogP contribution in [0.3, 0.4) is 0 Å². The van der Waals surface area contributed by atoms with Crippen LogP contribution in [-0.2, 0) is 14.8 Å². The molecule has 0 aromatic heterocycles. The Labute approximate surface area is 163 Å². The molecule has 2 saturated heterocycles. The molecule has 1 saturated carbocycles. The zero-order chi connectivity index (χ0) is 19.8. The molecule has 2 aliphatic heterocycles. The predicted octanol–water partition coefficient (Wildman–Crippen LogP) is 2.31. The molecule has 3 rings (SSSR count). The van der Waals surface area contributed by atoms with Crippen LogP contribution >= 0.6 is 0 Å². The number of carbonyl (C=O) groups excluding carboxylic acids is 1. The van der Waals surface area contributed by atoms with Gasteiger partial charge in [-0.15, -0.1) is 0 Å². The Bertz CT molecular complexity index is 646. The first-order valence-electron chi connectivity index (χ1n) is 10.3. The van der Waals surface area contributed by atoms with Crippen molar-refractivity contribution in [2.75, 3.05) is 18.8 Å². The maximum Gasteiger partial charge on any atom is 0.410 e. The number of rotatable bonds is 3. The Hall–Kier alpha value is -0.860. The number of carbonyl (C=O) groups is 1. The van der Waals surface area contributed by atoms with E-state index in [0.29, 0.717) is 31.8 Å². The highest BCUT2D eigenvalue weighted by molar-refractivity contribution is 7.89. The quantitative estimate of drug-likeness (QED) is 0.783. The van der Waals surface area contributed by atoms with E-state index in [-0.39, 0.29) is 30.0 Å². The summed E-state index contributed by atoms with van der Waals surface area (Å²) in [5, 5.41) is 0. The van der Waals surface area contributed by atoms with Crippen molar-refractivity contribution in [3.8, 4) is 0 Å². The van der Waals surface area contributed by atoms with Gasteiger partial charge >= 0.3 is 6.09 Å². The van der Waals surface area contributed by atoms with Gasteiger partial charge in [-0.05, 0) is 65.2 Å². The molecule has 2 heterocycles. The largest absolute Gasteiger partial charge is 0.444 e. The van der Waals surface area contributed by atoms with Gasteiger partial charge in [0.1, 0.15) is 5.60 Å². The van der Waals surface area contributed by atoms with Gasteiger partial charge in [0.15, 0.2) is 0 Å². The van der Waals surface area contributed by atoms with Crippen molar-refractivity contribution >= 4 is 16.1 Å². The fraction of sp³-hybridized carbons (Fsp3) is 0.947. The molecule has 5 atom stereocenters. The SMILES string of the molecule is CC(C)(C)OC(=O)N1C[C@H](CC[C@H]2CCC[C@@H]2N)N2C[C@H]1CCCS2(=O)=O. The van der Waals surface area contributed by atoms with Crippen molar-refractivity contribution in [2.24, 2.45) is 11.7 Å². The third kappa shape index (κ3) is 4.95. The standard InChI is InChI=1S/C19H35N3O4S/c1-19(2,3)26-18(23)21-12-16(10-9-14-6-4-8-17(14)20)22-13-15(21)7-5-11-27(22,24)25/h14-17H,4-13,20H2,1-3H3/t14-,15-,16+,17+/m1/s1. The molecule has 0 spiro atoms. The highest BCUT2D eigenvalue weighted by atomic mass is 32.2. The molecule has 3 aliphatic rings. The van der Waals surface area contributed by atoms with E-state index >= 15 is 0 Å². The second kappa shape index (κ2) is 7.87. The second-order valence-corrected chi connectivity index (χ2v) is 11.4. The maximum absolute atomic E-state index is 12.8. The van der Waals surface area contributed by atoms with Gasteiger partial charge in [0.25, 0.3) is 0 Å². The Morgan fingerprint density at radius 3 is 2.48 bits per heavy atom. The topological polar surface area (TPSA) is 92.9 Å². The van der Waals surface area contributed by atoms with Crippen molar-refractivity contribution in [1.82, 2.24) is 9.21 Å². The van der Waals surface area contributed by atoms with E-state index in [1.165, 1.54) is 0 Å². The smallest absolute Gasteiger partial charge is 0.410 e. The summed E-state index contributed by atoms with van der Waals surface area (Å²) < 4.78 is 32.8. The van der Waals surface area contributed by atoms with Crippen LogP contribution in [0, 0.1) is 5.92 Å². The van der Waals surface area contributed by atoms with E-state index < -0.39 is 15.6 Å². The third-order valence-electron chi connectivity index (χ3n) is 6.16. The fourth-order valence-electron chi connectivity index (χ4n) is 4.74. The van der Waals surface area contributed by atoms with Gasteiger partial charge in [-0.2, -0.15) is 4.31 Å². The highest BCUT2D eigenvalue weighted by Gasteiger charge is 2.44. The van der Waals surface area contributed by atoms with E-state index in [1.54, 1.807) is 9.21 Å². The van der Waals surface area contributed by atoms with Gasteiger partial charge in [0.2, 0.25) is 10.0 Å². The van der Waals surface area contributed by atoms with Crippen molar-refractivity contribution in [1.29, 1.82) is 0 Å². The monoisotopic (exact) mass is 401 g/mol. The lowest BCUT2D eigenvalue weighted by atomic mass is 9.94. The molecule has 0 aromatic carbocycles. The lowest BCUT2D eigenvalue weighted by Crippen LogP contribution is -2.60. The molecule has 1 unspecified atom stereocenters. The van der Waals surface area contributed by atoms with E-state index in [9.17, 15) is 13.2 Å². The zero-order valence-corrected chi connectivity index (χ0v) is 17.7. The molecule has 2 N–H and O–H groups in total. The van der Waals surface area contributed by atoms with Crippen LogP contribution in [0.2, 0.25) is 0 Å². The van der Waals surface area contributed by atoms with E-state index in [2.05, 4.69) is 0 Å². The molecule has 8 heteroatoms. The Morgan fingerprint density at radius 1 is 1.11 bits per heavy atom. The molecule has 2 bridgehead atoms. The number of nitrogens with zero attached hydrogens (tertiary/aromatic N) is 2. The average molecular weight is 402 g/mol. The number of hydrogen-bond acceptors (Lipinski definition) is 5. The number of amides is 1. The van der Waals surface area contributed by atoms with Crippen LogP contribution in [0.25, 0.3) is 0 Å². The minimum absolute atomic E-state index is 0.0953. The number of sulfonamides is 1. The number of fused-ring (bicyclic) bond motifs is 2. The van der Waals surface area contributed by atoms with Crippen LogP contribution in [0.5, 0.6) is 0 Å². The molecule has 0 radical (unpaired) electrons. The van der Waals surface area contributed by atoms with Crippen LogP contribution in [0.15, 0.2) is 0 Å². The summed E-state index contributed by atoms with van der Waals surface area (Å²) in [4.78, 5) is 14.5. The molecule has 7 nitrogen and oxygen atoms in total. The normalized spacial score (nSPS) is 36.3. The molecule has 1 aliphatic carbocycles. The summed E-state index contributed by atoms with van der Waals surface area (Å²) in [7, 11) is -3.26. The van der Waals surface area contributed by atoms with Crippen molar-refractivity contribution in [2.45, 2.75) is 89.4 Å². The van der Waals surface area contributed by atoms with Gasteiger partial charge < -0.3 is 15.4 Å². The summed E-state index contributed by atoms with van der Waals surface area (Å²) in [6.07, 6.45) is 5.98. The van der Waals surface area contributed by atoms with Crippen molar-refractivity contribution in [3.63, 3.8) is 0 Å². The summed E-state index contributed by atoms with van der Waals surface area (Å²) >= 11 is 0. The first kappa shape index (κ1) is 20.9. The summed E-state index contributed by atoms with van der Waals surface area (Å²) in [5.41, 5.74) is 5.64. The summed E-state index contributed by atoms with van der Waals surface area (Å²) in [6.45, 7) is 6.39. The molecule has 3 fully saturated rings. The molecule has 0 aromatic rings. The number of piperazine rings is 1. The minimum Gasteiger partial charge on any atom is -0.444 e.